The Kier molecular flexibility index (Phi) is 5.16. The predicted octanol–water partition coefficient (Wildman–Crippen LogP) is 7.82. The highest BCUT2D eigenvalue weighted by Crippen LogP contribution is 2.46. The average molecular weight is 626 g/mol. The van der Waals surface area contributed by atoms with Gasteiger partial charge in [-0.25, -0.2) is 4.98 Å². The minimum absolute atomic E-state index is 0.0737. The van der Waals surface area contributed by atoms with E-state index in [2.05, 4.69) is 75.1 Å². The van der Waals surface area contributed by atoms with E-state index in [0.717, 1.165) is 41.5 Å². The van der Waals surface area contributed by atoms with E-state index in [9.17, 15) is 4.79 Å². The van der Waals surface area contributed by atoms with Crippen LogP contribution in [-0.4, -0.2) is 19.9 Å². The van der Waals surface area contributed by atoms with Gasteiger partial charge in [0, 0.05) is 25.2 Å². The maximum Gasteiger partial charge on any atom is 0.188 e. The van der Waals surface area contributed by atoms with E-state index in [0.29, 0.717) is 5.56 Å². The number of ketones is 1. The third-order valence-electron chi connectivity index (χ3n) is 6.15. The van der Waals surface area contributed by atoms with Gasteiger partial charge >= 0.3 is 0 Å². The van der Waals surface area contributed by atoms with Crippen molar-refractivity contribution in [2.45, 2.75) is 12.1 Å². The monoisotopic (exact) mass is 623 g/mol. The summed E-state index contributed by atoms with van der Waals surface area (Å²) in [5.41, 5.74) is 4.53. The Bertz CT molecular complexity index is 1520. The fraction of sp³-hybridized carbons (Fsp3) is 0.0769. The minimum atomic E-state index is -0.453. The van der Waals surface area contributed by atoms with Crippen molar-refractivity contribution in [3.05, 3.63) is 110 Å². The molecule has 3 aromatic carbocycles. The van der Waals surface area contributed by atoms with Crippen molar-refractivity contribution in [1.29, 1.82) is 0 Å². The minimum Gasteiger partial charge on any atom is -0.332 e. The van der Waals surface area contributed by atoms with Crippen LogP contribution in [0, 0.1) is 0 Å². The molecule has 1 aliphatic rings. The molecule has 6 rings (SSSR count). The lowest BCUT2D eigenvalue weighted by molar-refractivity contribution is 0.0895. The Morgan fingerprint density at radius 3 is 2.33 bits per heavy atom. The molecule has 0 fully saturated rings. The quantitative estimate of drug-likeness (QED) is 0.192. The summed E-state index contributed by atoms with van der Waals surface area (Å²) in [6.45, 7) is 0. The second-order valence-electron chi connectivity index (χ2n) is 8.03. The van der Waals surface area contributed by atoms with Gasteiger partial charge < -0.3 is 9.13 Å². The normalized spacial score (nSPS) is 17.1. The summed E-state index contributed by atoms with van der Waals surface area (Å²) in [4.78, 5) is 19.0. The van der Waals surface area contributed by atoms with E-state index in [-0.39, 0.29) is 11.8 Å². The first-order chi connectivity index (χ1) is 16.0. The molecular weight excluding hydrogens is 610 g/mol. The van der Waals surface area contributed by atoms with Gasteiger partial charge in [-0.05, 0) is 73.8 Å². The fourth-order valence-electron chi connectivity index (χ4n) is 4.71. The van der Waals surface area contributed by atoms with Gasteiger partial charge in [0.2, 0.25) is 0 Å². The van der Waals surface area contributed by atoms with Crippen molar-refractivity contribution in [3.8, 4) is 11.5 Å². The van der Waals surface area contributed by atoms with E-state index in [1.807, 2.05) is 66.9 Å². The first-order valence-electron chi connectivity index (χ1n) is 10.4. The molecule has 0 amide bonds. The Hall–Kier alpha value is -2.48. The number of fused-ring (bicyclic) bond motifs is 5. The Labute approximate surface area is 215 Å². The van der Waals surface area contributed by atoms with Crippen LogP contribution in [0.15, 0.2) is 98.5 Å². The Balaban J connectivity index is 1.68. The third-order valence-corrected chi connectivity index (χ3v) is 8.53. The molecule has 0 saturated heterocycles. The van der Waals surface area contributed by atoms with E-state index >= 15 is 0 Å². The van der Waals surface area contributed by atoms with Crippen molar-refractivity contribution < 1.29 is 4.79 Å². The van der Waals surface area contributed by atoms with Crippen LogP contribution < -0.4 is 0 Å². The van der Waals surface area contributed by atoms with Crippen LogP contribution in [0.2, 0.25) is 0 Å². The van der Waals surface area contributed by atoms with Crippen LogP contribution in [-0.2, 0) is 0 Å². The smallest absolute Gasteiger partial charge is 0.188 e. The zero-order valence-electron chi connectivity index (χ0n) is 17.1. The van der Waals surface area contributed by atoms with Gasteiger partial charge in [0.15, 0.2) is 11.6 Å². The summed E-state index contributed by atoms with van der Waals surface area (Å²) in [5.74, 6) is 0.926. The standard InChI is InChI=1S/C26H16Br3N3O/c27-17-10-8-15(9-11-17)23-24(25(33)16-5-2-1-3-6-16)31-12-4-7-21(31)26-30-20-13-18(28)19(29)14-22(20)32(23)26/h1-14,23-24H/t23-,24+/m1/s1. The van der Waals surface area contributed by atoms with Crippen molar-refractivity contribution >= 4 is 64.6 Å². The molecular formula is C26H16Br3N3O. The van der Waals surface area contributed by atoms with Crippen LogP contribution in [0.3, 0.4) is 0 Å². The number of hydrogen-bond donors (Lipinski definition) is 0. The summed E-state index contributed by atoms with van der Waals surface area (Å²) in [7, 11) is 0. The molecule has 4 nitrogen and oxygen atoms in total. The Morgan fingerprint density at radius 1 is 0.848 bits per heavy atom. The molecule has 0 N–H and O–H groups in total. The molecule has 7 heteroatoms. The van der Waals surface area contributed by atoms with Crippen molar-refractivity contribution in [2.24, 2.45) is 0 Å². The lowest BCUT2D eigenvalue weighted by Gasteiger charge is -2.36. The van der Waals surface area contributed by atoms with E-state index < -0.39 is 6.04 Å². The number of benzene rings is 3. The topological polar surface area (TPSA) is 39.8 Å². The van der Waals surface area contributed by atoms with Gasteiger partial charge in [-0.1, -0.05) is 58.4 Å². The molecule has 0 bridgehead atoms. The predicted molar refractivity (Wildman–Crippen MR) is 141 cm³/mol. The molecule has 3 heterocycles. The van der Waals surface area contributed by atoms with Gasteiger partial charge in [-0.15, -0.1) is 0 Å². The van der Waals surface area contributed by atoms with Crippen LogP contribution in [0.5, 0.6) is 0 Å². The zero-order valence-corrected chi connectivity index (χ0v) is 21.9. The summed E-state index contributed by atoms with van der Waals surface area (Å²) in [6, 6.07) is 25.1. The van der Waals surface area contributed by atoms with Gasteiger partial charge in [0.1, 0.15) is 6.04 Å². The van der Waals surface area contributed by atoms with Gasteiger partial charge in [0.25, 0.3) is 0 Å². The summed E-state index contributed by atoms with van der Waals surface area (Å²) < 4.78 is 7.18. The van der Waals surface area contributed by atoms with Crippen molar-refractivity contribution in [1.82, 2.24) is 14.1 Å². The van der Waals surface area contributed by atoms with Gasteiger partial charge in [-0.3, -0.25) is 4.79 Å². The van der Waals surface area contributed by atoms with Gasteiger partial charge in [0.05, 0.1) is 22.8 Å². The maximum atomic E-state index is 14.0. The highest BCUT2D eigenvalue weighted by Gasteiger charge is 2.40. The SMILES string of the molecule is O=C(c1ccccc1)[C@@H]1[C@@H](c2ccc(Br)cc2)n2c(nc3cc(Br)c(Br)cc32)-c2cccn21. The molecule has 2 atom stereocenters. The van der Waals surface area contributed by atoms with Crippen molar-refractivity contribution in [2.75, 3.05) is 0 Å². The fourth-order valence-corrected chi connectivity index (χ4v) is 5.63. The molecule has 2 aromatic heterocycles. The first kappa shape index (κ1) is 21.1. The second kappa shape index (κ2) is 8.08. The lowest BCUT2D eigenvalue weighted by Crippen LogP contribution is -2.34. The number of Topliss-reactive ketones (excluding diaryl/α,β-unsaturated/α-hetero) is 1. The third kappa shape index (κ3) is 3.36. The molecule has 0 unspecified atom stereocenters. The summed E-state index contributed by atoms with van der Waals surface area (Å²) in [6.07, 6.45) is 1.99. The van der Waals surface area contributed by atoms with Crippen LogP contribution in [0.25, 0.3) is 22.6 Å². The number of imidazole rings is 1. The second-order valence-corrected chi connectivity index (χ2v) is 10.7. The zero-order chi connectivity index (χ0) is 22.7. The molecule has 5 aromatic rings. The van der Waals surface area contributed by atoms with E-state index in [1.165, 1.54) is 0 Å². The molecule has 33 heavy (non-hydrogen) atoms. The van der Waals surface area contributed by atoms with E-state index in [4.69, 9.17) is 4.98 Å². The number of nitrogens with zero attached hydrogens (tertiary/aromatic N) is 3. The number of aromatic nitrogens is 3. The number of rotatable bonds is 3. The van der Waals surface area contributed by atoms with Crippen LogP contribution >= 0.6 is 47.8 Å². The summed E-state index contributed by atoms with van der Waals surface area (Å²) >= 11 is 10.8. The molecule has 0 spiro atoms. The number of carbonyl (C=O) groups excluding carboxylic acids is 1. The largest absolute Gasteiger partial charge is 0.332 e. The number of halogens is 3. The summed E-state index contributed by atoms with van der Waals surface area (Å²) in [5, 5.41) is 0. The lowest BCUT2D eigenvalue weighted by atomic mass is 9.90. The molecule has 1 aliphatic heterocycles. The van der Waals surface area contributed by atoms with Crippen LogP contribution in [0.1, 0.15) is 28.0 Å². The highest BCUT2D eigenvalue weighted by molar-refractivity contribution is 9.13. The maximum absolute atomic E-state index is 14.0. The number of hydrogen-bond acceptors (Lipinski definition) is 2. The number of carbonyl (C=O) groups is 1. The van der Waals surface area contributed by atoms with Gasteiger partial charge in [-0.2, -0.15) is 0 Å². The highest BCUT2D eigenvalue weighted by atomic mass is 79.9. The van der Waals surface area contributed by atoms with Crippen LogP contribution in [0.4, 0.5) is 0 Å². The van der Waals surface area contributed by atoms with Crippen molar-refractivity contribution in [3.63, 3.8) is 0 Å². The molecule has 0 radical (unpaired) electrons. The Morgan fingerprint density at radius 2 is 1.58 bits per heavy atom. The average Bonchev–Trinajstić information content (AvgIpc) is 3.44. The molecule has 0 saturated carbocycles. The first-order valence-corrected chi connectivity index (χ1v) is 12.8. The van der Waals surface area contributed by atoms with E-state index in [1.54, 1.807) is 0 Å². The molecule has 162 valence electrons. The molecule has 0 aliphatic carbocycles.